The highest BCUT2D eigenvalue weighted by Crippen LogP contribution is 2.39. The summed E-state index contributed by atoms with van der Waals surface area (Å²) in [6, 6.07) is 24.6. The number of hydrogen-bond donors (Lipinski definition) is 1. The smallest absolute Gasteiger partial charge is 0.333 e. The first-order valence-corrected chi connectivity index (χ1v) is 14.6. The van der Waals surface area contributed by atoms with Crippen molar-refractivity contribution < 1.29 is 9.90 Å². The molecule has 2 aliphatic rings. The van der Waals surface area contributed by atoms with Crippen molar-refractivity contribution in [3.63, 3.8) is 0 Å². The van der Waals surface area contributed by atoms with E-state index in [0.29, 0.717) is 0 Å². The quantitative estimate of drug-likeness (QED) is 0.315. The van der Waals surface area contributed by atoms with Gasteiger partial charge in [-0.25, -0.2) is 4.79 Å². The summed E-state index contributed by atoms with van der Waals surface area (Å²) >= 11 is 0. The summed E-state index contributed by atoms with van der Waals surface area (Å²) in [7, 11) is 1.78. The van der Waals surface area contributed by atoms with Gasteiger partial charge in [0, 0.05) is 35.6 Å². The molecule has 0 radical (unpaired) electrons. The molecule has 8 heteroatoms. The molecule has 212 valence electrons. The van der Waals surface area contributed by atoms with Crippen molar-refractivity contribution in [2.24, 2.45) is 7.05 Å². The van der Waals surface area contributed by atoms with Gasteiger partial charge in [-0.3, -0.25) is 23.9 Å². The molecule has 43 heavy (non-hydrogen) atoms. The molecule has 1 amide bonds. The summed E-state index contributed by atoms with van der Waals surface area (Å²) in [6.45, 7) is -0.449. The average molecular weight is 568 g/mol. The van der Waals surface area contributed by atoms with Crippen LogP contribution in [0.1, 0.15) is 24.8 Å². The van der Waals surface area contributed by atoms with Crippen molar-refractivity contribution in [3.05, 3.63) is 107 Å². The van der Waals surface area contributed by atoms with Crippen LogP contribution >= 0.6 is 0 Å². The largest absolute Gasteiger partial charge is 0.387 e. The number of aliphatic hydroxyl groups excluding tert-OH is 1. The van der Waals surface area contributed by atoms with E-state index in [1.165, 1.54) is 5.57 Å². The van der Waals surface area contributed by atoms with Gasteiger partial charge in [0.05, 0.1) is 40.0 Å². The number of imidazole rings is 1. The number of para-hydroxylation sites is 1. The van der Waals surface area contributed by atoms with E-state index in [1.807, 2.05) is 53.6 Å². The standard InChI is InChI=1S/C35H29N5O3/c1-38-32-19-37-31-13-8-22(25-14-23-4-2-3-5-30(23)36-18-25)17-29(31)34(32)40(35(38)43)26-9-6-21(7-10-26)24-15-27-11-12-28(16-24)39(27)33(42)20-41/h2-10,13-15,17-19,27-28,41H,11-12,16,20H2,1H3/t27-,28+/m0/s1. The minimum Gasteiger partial charge on any atom is -0.387 e. The number of rotatable bonds is 4. The van der Waals surface area contributed by atoms with Crippen LogP contribution in [0.4, 0.5) is 0 Å². The molecule has 5 heterocycles. The fourth-order valence-electron chi connectivity index (χ4n) is 6.98. The molecule has 2 atom stereocenters. The van der Waals surface area contributed by atoms with Crippen LogP contribution in [0.3, 0.4) is 0 Å². The predicted molar refractivity (Wildman–Crippen MR) is 168 cm³/mol. The summed E-state index contributed by atoms with van der Waals surface area (Å²) in [6.07, 6.45) is 8.44. The van der Waals surface area contributed by atoms with Gasteiger partial charge in [0.2, 0.25) is 5.91 Å². The second-order valence-electron chi connectivity index (χ2n) is 11.5. The lowest BCUT2D eigenvalue weighted by atomic mass is 9.94. The third-order valence-corrected chi connectivity index (χ3v) is 9.12. The zero-order chi connectivity index (χ0) is 29.2. The van der Waals surface area contributed by atoms with Crippen LogP contribution in [0.5, 0.6) is 0 Å². The van der Waals surface area contributed by atoms with Crippen molar-refractivity contribution >= 4 is 44.3 Å². The number of fused-ring (bicyclic) bond motifs is 6. The summed E-state index contributed by atoms with van der Waals surface area (Å²) in [5, 5.41) is 11.4. The van der Waals surface area contributed by atoms with E-state index in [1.54, 1.807) is 22.4 Å². The second-order valence-corrected chi connectivity index (χ2v) is 11.5. The molecule has 0 spiro atoms. The van der Waals surface area contributed by atoms with E-state index >= 15 is 0 Å². The number of pyridine rings is 2. The molecular weight excluding hydrogens is 538 g/mol. The van der Waals surface area contributed by atoms with Crippen molar-refractivity contribution in [2.75, 3.05) is 6.61 Å². The Morgan fingerprint density at radius 1 is 0.907 bits per heavy atom. The number of aliphatic hydroxyl groups is 1. The van der Waals surface area contributed by atoms with Gasteiger partial charge in [-0.1, -0.05) is 42.5 Å². The van der Waals surface area contributed by atoms with Gasteiger partial charge < -0.3 is 10.0 Å². The summed E-state index contributed by atoms with van der Waals surface area (Å²) < 4.78 is 3.42. The minimum absolute atomic E-state index is 0.0274. The van der Waals surface area contributed by atoms with Crippen molar-refractivity contribution in [2.45, 2.75) is 31.3 Å². The van der Waals surface area contributed by atoms with E-state index in [0.717, 1.165) is 74.5 Å². The van der Waals surface area contributed by atoms with Crippen LogP contribution in [0, 0.1) is 0 Å². The topological polar surface area (TPSA) is 93.2 Å². The zero-order valence-corrected chi connectivity index (χ0v) is 23.6. The zero-order valence-electron chi connectivity index (χ0n) is 23.6. The maximum Gasteiger partial charge on any atom is 0.333 e. The summed E-state index contributed by atoms with van der Waals surface area (Å²) in [4.78, 5) is 37.1. The minimum atomic E-state index is -0.449. The van der Waals surface area contributed by atoms with Crippen molar-refractivity contribution in [3.8, 4) is 16.8 Å². The molecule has 1 fully saturated rings. The fraction of sp³-hybridized carbons (Fsp3) is 0.200. The summed E-state index contributed by atoms with van der Waals surface area (Å²) in [5.74, 6) is -0.199. The Balaban J connectivity index is 1.22. The highest BCUT2D eigenvalue weighted by atomic mass is 16.3. The van der Waals surface area contributed by atoms with E-state index < -0.39 is 6.61 Å². The van der Waals surface area contributed by atoms with Crippen molar-refractivity contribution in [1.82, 2.24) is 24.0 Å². The number of carbonyl (C=O) groups excluding carboxylic acids is 1. The van der Waals surface area contributed by atoms with Gasteiger partial charge in [0.15, 0.2) is 0 Å². The van der Waals surface area contributed by atoms with Crippen LogP contribution in [0.2, 0.25) is 0 Å². The third-order valence-electron chi connectivity index (χ3n) is 9.12. The average Bonchev–Trinajstić information content (AvgIpc) is 3.47. The summed E-state index contributed by atoms with van der Waals surface area (Å²) in [5.41, 5.74) is 8.27. The molecule has 0 unspecified atom stereocenters. The Hall–Kier alpha value is -5.08. The molecule has 2 bridgehead atoms. The molecule has 1 N–H and O–H groups in total. The molecule has 3 aromatic heterocycles. The maximum absolute atomic E-state index is 13.7. The van der Waals surface area contributed by atoms with Gasteiger partial charge >= 0.3 is 5.69 Å². The second kappa shape index (κ2) is 9.74. The Morgan fingerprint density at radius 2 is 1.70 bits per heavy atom. The number of benzene rings is 3. The van der Waals surface area contributed by atoms with Gasteiger partial charge in [0.1, 0.15) is 6.61 Å². The molecule has 6 aromatic rings. The Labute approximate surface area is 247 Å². The lowest BCUT2D eigenvalue weighted by molar-refractivity contribution is -0.136. The molecular formula is C35H29N5O3. The van der Waals surface area contributed by atoms with Gasteiger partial charge in [-0.05, 0) is 72.4 Å². The molecule has 8 rings (SSSR count). The van der Waals surface area contributed by atoms with E-state index in [4.69, 9.17) is 0 Å². The number of amides is 1. The van der Waals surface area contributed by atoms with Crippen LogP contribution in [-0.2, 0) is 11.8 Å². The van der Waals surface area contributed by atoms with Crippen LogP contribution in [0.25, 0.3) is 55.2 Å². The lowest BCUT2D eigenvalue weighted by Crippen LogP contribution is -2.44. The first-order valence-electron chi connectivity index (χ1n) is 14.6. The third kappa shape index (κ3) is 4.01. The van der Waals surface area contributed by atoms with Gasteiger partial charge in [0.25, 0.3) is 0 Å². The molecule has 3 aromatic carbocycles. The molecule has 2 aliphatic heterocycles. The van der Waals surface area contributed by atoms with Crippen molar-refractivity contribution in [1.29, 1.82) is 0 Å². The fourth-order valence-corrected chi connectivity index (χ4v) is 6.98. The molecule has 0 aliphatic carbocycles. The predicted octanol–water partition coefficient (Wildman–Crippen LogP) is 5.23. The van der Waals surface area contributed by atoms with Crippen LogP contribution in [-0.4, -0.2) is 53.7 Å². The first kappa shape index (κ1) is 25.6. The van der Waals surface area contributed by atoms with Crippen LogP contribution in [0.15, 0.2) is 96.1 Å². The normalized spacial score (nSPS) is 18.1. The number of aryl methyl sites for hydroxylation is 1. The highest BCUT2D eigenvalue weighted by molar-refractivity contribution is 6.05. The van der Waals surface area contributed by atoms with Gasteiger partial charge in [-0.15, -0.1) is 0 Å². The van der Waals surface area contributed by atoms with Crippen LogP contribution < -0.4 is 5.69 Å². The lowest BCUT2D eigenvalue weighted by Gasteiger charge is -2.33. The number of nitrogens with zero attached hydrogens (tertiary/aromatic N) is 5. The van der Waals surface area contributed by atoms with E-state index in [9.17, 15) is 14.7 Å². The SMILES string of the molecule is Cn1c(=O)n(-c2ccc(C3=C[C@@H]4CC[C@H](C3)N4C(=O)CO)cc2)c2c3cc(-c4cnc5ccccc5c4)ccc3ncc21. The highest BCUT2D eigenvalue weighted by Gasteiger charge is 2.39. The number of aromatic nitrogens is 4. The Kier molecular flexibility index (Phi) is 5.80. The van der Waals surface area contributed by atoms with E-state index in [2.05, 4.69) is 46.4 Å². The molecule has 0 saturated carbocycles. The monoisotopic (exact) mass is 567 g/mol. The molecule has 8 nitrogen and oxygen atoms in total. The Bertz CT molecular complexity index is 2180. The molecule has 1 saturated heterocycles. The first-order chi connectivity index (χ1) is 21.0. The van der Waals surface area contributed by atoms with Gasteiger partial charge in [-0.2, -0.15) is 0 Å². The Morgan fingerprint density at radius 3 is 2.51 bits per heavy atom. The maximum atomic E-state index is 13.7. The van der Waals surface area contributed by atoms with E-state index in [-0.39, 0.29) is 23.7 Å². The number of carbonyl (C=O) groups is 1. The number of hydrogen-bond acceptors (Lipinski definition) is 5.